The lowest BCUT2D eigenvalue weighted by molar-refractivity contribution is -0.192. The van der Waals surface area contributed by atoms with Gasteiger partial charge in [-0.3, -0.25) is 4.79 Å². The predicted molar refractivity (Wildman–Crippen MR) is 113 cm³/mol. The smallest absolute Gasteiger partial charge is 0.475 e. The third-order valence-electron chi connectivity index (χ3n) is 5.49. The van der Waals surface area contributed by atoms with Crippen molar-refractivity contribution in [2.75, 3.05) is 13.1 Å². The first kappa shape index (κ1) is 28.1. The Hall–Kier alpha value is -3.15. The Bertz CT molecular complexity index is 1020. The minimum atomic E-state index is -5.08. The average molecular weight is 508 g/mol. The van der Waals surface area contributed by atoms with Crippen molar-refractivity contribution in [2.45, 2.75) is 43.8 Å². The Morgan fingerprint density at radius 2 is 1.57 bits per heavy atom. The maximum Gasteiger partial charge on any atom is 0.490 e. The van der Waals surface area contributed by atoms with Crippen LogP contribution in [0.15, 0.2) is 48.5 Å². The molecule has 35 heavy (non-hydrogen) atoms. The molecule has 3 atom stereocenters. The number of carbonyl (C=O) groups excluding carboxylic acids is 1. The van der Waals surface area contributed by atoms with Crippen molar-refractivity contribution in [1.29, 1.82) is 0 Å². The zero-order chi connectivity index (χ0) is 26.6. The summed E-state index contributed by atoms with van der Waals surface area (Å²) in [6.45, 7) is 2.20. The molecule has 0 saturated carbocycles. The van der Waals surface area contributed by atoms with Crippen molar-refractivity contribution in [3.63, 3.8) is 0 Å². The molecular formula is C23H23F7N2O3. The highest BCUT2D eigenvalue weighted by atomic mass is 19.4. The summed E-state index contributed by atoms with van der Waals surface area (Å²) in [6, 6.07) is 11.1. The number of benzene rings is 2. The Balaban J connectivity index is 0.000000540. The van der Waals surface area contributed by atoms with Gasteiger partial charge < -0.3 is 15.7 Å². The fourth-order valence-corrected chi connectivity index (χ4v) is 3.50. The van der Waals surface area contributed by atoms with Gasteiger partial charge in [-0.1, -0.05) is 49.4 Å². The van der Waals surface area contributed by atoms with E-state index in [9.17, 15) is 35.5 Å². The van der Waals surface area contributed by atoms with Crippen LogP contribution in [0.3, 0.4) is 0 Å². The van der Waals surface area contributed by atoms with Crippen LogP contribution in [0.1, 0.15) is 30.4 Å². The molecule has 192 valence electrons. The van der Waals surface area contributed by atoms with E-state index in [1.807, 2.05) is 0 Å². The van der Waals surface area contributed by atoms with Crippen LogP contribution in [-0.4, -0.2) is 53.4 Å². The van der Waals surface area contributed by atoms with E-state index in [1.165, 1.54) is 17.0 Å². The number of alkyl halides is 7. The minimum absolute atomic E-state index is 0.0619. The second-order valence-electron chi connectivity index (χ2n) is 7.95. The standard InChI is InChI=1S/C21H22F4N2O.C2HF3O2/c1-13(19(26)20(28)27-11-10-16(22)12-27)14-6-8-15(9-7-14)17-4-2-3-5-18(17)21(23,24)25;3-2(4,5)1(6)7/h2-9,13,16,19H,10-12,26H2,1H3;(H,6,7)/t13-,16-,19-;/m0./s1. The van der Waals surface area contributed by atoms with E-state index >= 15 is 0 Å². The number of hydrogen-bond donors (Lipinski definition) is 2. The zero-order valence-corrected chi connectivity index (χ0v) is 18.4. The van der Waals surface area contributed by atoms with Crippen molar-refractivity contribution >= 4 is 11.9 Å². The van der Waals surface area contributed by atoms with E-state index in [2.05, 4.69) is 0 Å². The van der Waals surface area contributed by atoms with Gasteiger partial charge in [0.15, 0.2) is 0 Å². The summed E-state index contributed by atoms with van der Waals surface area (Å²) in [5.74, 6) is -3.41. The second kappa shape index (κ2) is 11.1. The van der Waals surface area contributed by atoms with Crippen molar-refractivity contribution in [3.8, 4) is 11.1 Å². The van der Waals surface area contributed by atoms with Crippen LogP contribution in [0.5, 0.6) is 0 Å². The first-order valence-corrected chi connectivity index (χ1v) is 10.4. The lowest BCUT2D eigenvalue weighted by Crippen LogP contribution is -2.45. The number of carboxylic acids is 1. The molecular weight excluding hydrogens is 485 g/mol. The Kier molecular flexibility index (Phi) is 8.88. The molecule has 1 fully saturated rings. The van der Waals surface area contributed by atoms with Crippen molar-refractivity contribution in [2.24, 2.45) is 5.73 Å². The molecule has 3 N–H and O–H groups in total. The lowest BCUT2D eigenvalue weighted by atomic mass is 9.90. The molecule has 0 aromatic heterocycles. The largest absolute Gasteiger partial charge is 0.490 e. The molecule has 1 heterocycles. The van der Waals surface area contributed by atoms with Crippen LogP contribution in [-0.2, 0) is 15.8 Å². The van der Waals surface area contributed by atoms with Gasteiger partial charge in [-0.25, -0.2) is 9.18 Å². The minimum Gasteiger partial charge on any atom is -0.475 e. The summed E-state index contributed by atoms with van der Waals surface area (Å²) in [5, 5.41) is 7.12. The van der Waals surface area contributed by atoms with Crippen molar-refractivity contribution < 1.29 is 45.4 Å². The molecule has 2 aromatic carbocycles. The molecule has 1 saturated heterocycles. The third kappa shape index (κ3) is 7.41. The van der Waals surface area contributed by atoms with Crippen LogP contribution < -0.4 is 5.73 Å². The predicted octanol–water partition coefficient (Wildman–Crippen LogP) is 5.01. The van der Waals surface area contributed by atoms with E-state index in [1.54, 1.807) is 37.3 Å². The van der Waals surface area contributed by atoms with Gasteiger partial charge in [0.1, 0.15) is 6.17 Å². The number of halogens is 7. The van der Waals surface area contributed by atoms with Crippen LogP contribution in [0.4, 0.5) is 30.7 Å². The monoisotopic (exact) mass is 508 g/mol. The van der Waals surface area contributed by atoms with Gasteiger partial charge in [0.2, 0.25) is 5.91 Å². The van der Waals surface area contributed by atoms with Gasteiger partial charge in [-0.05, 0) is 29.2 Å². The van der Waals surface area contributed by atoms with Gasteiger partial charge >= 0.3 is 18.3 Å². The second-order valence-corrected chi connectivity index (χ2v) is 7.95. The van der Waals surface area contributed by atoms with Gasteiger partial charge in [0, 0.05) is 12.5 Å². The number of aliphatic carboxylic acids is 1. The molecule has 12 heteroatoms. The number of carbonyl (C=O) groups is 2. The molecule has 0 aliphatic carbocycles. The Labute approximate surface area is 196 Å². The molecule has 1 aliphatic heterocycles. The highest BCUT2D eigenvalue weighted by Crippen LogP contribution is 2.37. The van der Waals surface area contributed by atoms with Crippen molar-refractivity contribution in [3.05, 3.63) is 59.7 Å². The zero-order valence-electron chi connectivity index (χ0n) is 18.4. The van der Waals surface area contributed by atoms with Crippen LogP contribution in [0, 0.1) is 0 Å². The average Bonchev–Trinajstić information content (AvgIpc) is 3.23. The number of hydrogen-bond acceptors (Lipinski definition) is 3. The lowest BCUT2D eigenvalue weighted by Gasteiger charge is -2.25. The van der Waals surface area contributed by atoms with Crippen LogP contribution >= 0.6 is 0 Å². The van der Waals surface area contributed by atoms with Crippen molar-refractivity contribution in [1.82, 2.24) is 4.90 Å². The molecule has 1 aliphatic rings. The molecule has 2 aromatic rings. The van der Waals surface area contributed by atoms with Crippen LogP contribution in [0.2, 0.25) is 0 Å². The SMILES string of the molecule is C[C@@H](c1ccc(-c2ccccc2C(F)(F)F)cc1)[C@H](N)C(=O)N1CC[C@H](F)C1.O=C(O)C(F)(F)F. The molecule has 0 unspecified atom stereocenters. The summed E-state index contributed by atoms with van der Waals surface area (Å²) < 4.78 is 84.7. The summed E-state index contributed by atoms with van der Waals surface area (Å²) in [7, 11) is 0. The molecule has 0 spiro atoms. The van der Waals surface area contributed by atoms with Gasteiger partial charge in [0.25, 0.3) is 0 Å². The quantitative estimate of drug-likeness (QED) is 0.569. The van der Waals surface area contributed by atoms with E-state index in [0.29, 0.717) is 18.5 Å². The van der Waals surface area contributed by atoms with Gasteiger partial charge in [-0.2, -0.15) is 26.3 Å². The maximum atomic E-state index is 13.3. The number of likely N-dealkylation sites (tertiary alicyclic amines) is 1. The number of rotatable bonds is 4. The van der Waals surface area contributed by atoms with E-state index in [4.69, 9.17) is 15.6 Å². The fraction of sp³-hybridized carbons (Fsp3) is 0.391. The number of nitrogens with zero attached hydrogens (tertiary/aromatic N) is 1. The molecule has 0 bridgehead atoms. The number of carboxylic acid groups (broad SMARTS) is 1. The maximum absolute atomic E-state index is 13.3. The molecule has 1 amide bonds. The molecule has 0 radical (unpaired) electrons. The van der Waals surface area contributed by atoms with Gasteiger partial charge in [0.05, 0.1) is 18.2 Å². The van der Waals surface area contributed by atoms with Crippen LogP contribution in [0.25, 0.3) is 11.1 Å². The van der Waals surface area contributed by atoms with Gasteiger partial charge in [-0.15, -0.1) is 0 Å². The third-order valence-corrected chi connectivity index (χ3v) is 5.49. The first-order valence-electron chi connectivity index (χ1n) is 10.4. The molecule has 5 nitrogen and oxygen atoms in total. The first-order chi connectivity index (χ1) is 16.1. The number of nitrogens with two attached hydrogens (primary N) is 1. The highest BCUT2D eigenvalue weighted by Gasteiger charge is 2.38. The van der Waals surface area contributed by atoms with E-state index in [-0.39, 0.29) is 23.9 Å². The fourth-order valence-electron chi connectivity index (χ4n) is 3.50. The highest BCUT2D eigenvalue weighted by molar-refractivity contribution is 5.83. The van der Waals surface area contributed by atoms with E-state index in [0.717, 1.165) is 11.6 Å². The van der Waals surface area contributed by atoms with E-state index < -0.39 is 36.1 Å². The summed E-state index contributed by atoms with van der Waals surface area (Å²) in [5.41, 5.74) is 6.66. The number of amides is 1. The Morgan fingerprint density at radius 3 is 2.03 bits per heavy atom. The summed E-state index contributed by atoms with van der Waals surface area (Å²) in [4.78, 5) is 22.8. The normalized spacial score (nSPS) is 17.9. The molecule has 3 rings (SSSR count). The summed E-state index contributed by atoms with van der Waals surface area (Å²) in [6.07, 6.45) is -10.2. The topological polar surface area (TPSA) is 83.6 Å². The Morgan fingerprint density at radius 1 is 1.03 bits per heavy atom. The summed E-state index contributed by atoms with van der Waals surface area (Å²) >= 11 is 0.